The van der Waals surface area contributed by atoms with Gasteiger partial charge in [0.2, 0.25) is 0 Å². The molecule has 12 heteroatoms. The van der Waals surface area contributed by atoms with Crippen molar-refractivity contribution >= 4 is 34.1 Å². The van der Waals surface area contributed by atoms with Crippen LogP contribution in [0.4, 0.5) is 5.82 Å². The second-order valence-corrected chi connectivity index (χ2v) is 10.1. The Hall–Kier alpha value is -3.65. The van der Waals surface area contributed by atoms with Crippen LogP contribution in [0, 0.1) is 0 Å². The van der Waals surface area contributed by atoms with Gasteiger partial charge in [0.1, 0.15) is 6.17 Å². The first kappa shape index (κ1) is 23.5. The van der Waals surface area contributed by atoms with Crippen LogP contribution in [0.2, 0.25) is 0 Å². The van der Waals surface area contributed by atoms with Gasteiger partial charge in [-0.2, -0.15) is 11.1 Å². The van der Waals surface area contributed by atoms with Gasteiger partial charge in [0.25, 0.3) is 0 Å². The number of ether oxygens (including phenoxy) is 1. The number of aromatic nitrogens is 5. The molecule has 2 fully saturated rings. The van der Waals surface area contributed by atoms with Crippen molar-refractivity contribution in [1.29, 1.82) is 0 Å². The summed E-state index contributed by atoms with van der Waals surface area (Å²) in [6.07, 6.45) is 5.76. The fourth-order valence-electron chi connectivity index (χ4n) is 4.70. The van der Waals surface area contributed by atoms with Gasteiger partial charge in [-0.05, 0) is 24.3 Å². The van der Waals surface area contributed by atoms with Crippen molar-refractivity contribution in [2.45, 2.75) is 16.9 Å². The smallest absolute Gasteiger partial charge is 0.181 e. The Morgan fingerprint density at radius 1 is 0.921 bits per heavy atom. The van der Waals surface area contributed by atoms with E-state index in [-0.39, 0.29) is 6.17 Å². The first-order valence-electron chi connectivity index (χ1n) is 12.5. The van der Waals surface area contributed by atoms with Crippen LogP contribution in [0.1, 0.15) is 17.6 Å². The van der Waals surface area contributed by atoms with Gasteiger partial charge < -0.3 is 9.64 Å². The van der Waals surface area contributed by atoms with Crippen LogP contribution in [-0.2, 0) is 10.5 Å². The van der Waals surface area contributed by atoms with E-state index in [4.69, 9.17) is 19.7 Å². The number of hydrazine groups is 3. The Morgan fingerprint density at radius 3 is 2.63 bits per heavy atom. The Kier molecular flexibility index (Phi) is 6.33. The van der Waals surface area contributed by atoms with Crippen LogP contribution in [0.3, 0.4) is 0 Å². The van der Waals surface area contributed by atoms with Crippen LogP contribution in [0.15, 0.2) is 72.1 Å². The number of nitrogens with one attached hydrogen (secondary N) is 4. The van der Waals surface area contributed by atoms with Gasteiger partial charge >= 0.3 is 0 Å². The van der Waals surface area contributed by atoms with Crippen molar-refractivity contribution in [3.05, 3.63) is 78.5 Å². The molecule has 0 saturated carbocycles. The summed E-state index contributed by atoms with van der Waals surface area (Å²) in [4.78, 5) is 21.6. The van der Waals surface area contributed by atoms with E-state index >= 15 is 0 Å². The summed E-state index contributed by atoms with van der Waals surface area (Å²) in [5, 5.41) is 2.12. The summed E-state index contributed by atoms with van der Waals surface area (Å²) in [7, 11) is 0. The lowest BCUT2D eigenvalue weighted by Gasteiger charge is -2.28. The molecule has 0 unspecified atom stereocenters. The van der Waals surface area contributed by atoms with Crippen molar-refractivity contribution in [1.82, 2.24) is 46.3 Å². The molecule has 5 aromatic rings. The minimum atomic E-state index is -0.119. The summed E-state index contributed by atoms with van der Waals surface area (Å²) in [6.45, 7) is 2.95. The number of hydrogen-bond acceptors (Lipinski definition) is 11. The Bertz CT molecular complexity index is 1580. The maximum absolute atomic E-state index is 5.57. The Balaban J connectivity index is 1.22. The zero-order valence-electron chi connectivity index (χ0n) is 20.5. The molecule has 4 aromatic heterocycles. The third-order valence-corrected chi connectivity index (χ3v) is 7.61. The molecule has 192 valence electrons. The van der Waals surface area contributed by atoms with Gasteiger partial charge in [-0.3, -0.25) is 9.38 Å². The van der Waals surface area contributed by atoms with E-state index in [1.165, 1.54) is 0 Å². The third kappa shape index (κ3) is 4.58. The van der Waals surface area contributed by atoms with E-state index in [0.29, 0.717) is 19.0 Å². The number of nitrogens with zero attached hydrogens (tertiary/aromatic N) is 6. The highest BCUT2D eigenvalue weighted by molar-refractivity contribution is 7.98. The lowest BCUT2D eigenvalue weighted by molar-refractivity contribution is 0.122. The van der Waals surface area contributed by atoms with E-state index in [0.717, 1.165) is 63.1 Å². The number of pyridine rings is 2. The number of para-hydroxylation sites is 1. The highest BCUT2D eigenvalue weighted by Gasteiger charge is 2.21. The molecular formula is C26H26N10OS. The normalized spacial score (nSPS) is 16.6. The molecule has 2 aliphatic rings. The molecule has 4 N–H and O–H groups in total. The third-order valence-electron chi connectivity index (χ3n) is 6.65. The fourth-order valence-corrected chi connectivity index (χ4v) is 5.46. The fraction of sp³-hybridized carbons (Fsp3) is 0.231. The number of hydrogen-bond donors (Lipinski definition) is 4. The Labute approximate surface area is 223 Å². The van der Waals surface area contributed by atoms with Gasteiger partial charge in [-0.15, -0.1) is 0 Å². The van der Waals surface area contributed by atoms with Gasteiger partial charge in [-0.1, -0.05) is 36.0 Å². The molecule has 0 bridgehead atoms. The molecule has 11 nitrogen and oxygen atoms in total. The standard InChI is InChI=1S/C26H26N10OS/c1-2-4-20-17(3-1)6-8-23(30-20)38-16-19-15-36-22(18-5-7-21(27-13-18)24-31-33-34-32-24)14-28-25(26(36)29-19)35-9-11-37-12-10-35/h1-8,13-15,24,31-34H,9-12,16H2. The number of imidazole rings is 1. The Morgan fingerprint density at radius 2 is 1.79 bits per heavy atom. The zero-order valence-corrected chi connectivity index (χ0v) is 21.3. The topological polar surface area (TPSA) is 117 Å². The number of anilines is 1. The van der Waals surface area contributed by atoms with Crippen molar-refractivity contribution in [2.75, 3.05) is 31.2 Å². The largest absolute Gasteiger partial charge is 0.378 e. The molecule has 0 atom stereocenters. The lowest BCUT2D eigenvalue weighted by atomic mass is 10.2. The molecule has 2 saturated heterocycles. The summed E-state index contributed by atoms with van der Waals surface area (Å²) in [5.74, 6) is 1.57. The van der Waals surface area contributed by atoms with Crippen LogP contribution in [0.25, 0.3) is 27.8 Å². The maximum Gasteiger partial charge on any atom is 0.181 e. The van der Waals surface area contributed by atoms with Gasteiger partial charge in [0, 0.05) is 42.2 Å². The first-order valence-corrected chi connectivity index (χ1v) is 13.5. The average Bonchev–Trinajstić information content (AvgIpc) is 3.67. The molecule has 2 aliphatic heterocycles. The number of rotatable bonds is 6. The molecular weight excluding hydrogens is 500 g/mol. The summed E-state index contributed by atoms with van der Waals surface area (Å²) >= 11 is 1.68. The predicted molar refractivity (Wildman–Crippen MR) is 146 cm³/mol. The summed E-state index contributed by atoms with van der Waals surface area (Å²) < 4.78 is 7.70. The van der Waals surface area contributed by atoms with Crippen LogP contribution < -0.4 is 26.8 Å². The minimum Gasteiger partial charge on any atom is -0.378 e. The summed E-state index contributed by atoms with van der Waals surface area (Å²) in [5.41, 5.74) is 17.3. The predicted octanol–water partition coefficient (Wildman–Crippen LogP) is 2.58. The van der Waals surface area contributed by atoms with Gasteiger partial charge in [0.05, 0.1) is 47.0 Å². The van der Waals surface area contributed by atoms with E-state index in [9.17, 15) is 0 Å². The van der Waals surface area contributed by atoms with Crippen LogP contribution >= 0.6 is 11.8 Å². The van der Waals surface area contributed by atoms with Gasteiger partial charge in [0.15, 0.2) is 11.5 Å². The van der Waals surface area contributed by atoms with Crippen molar-refractivity contribution < 1.29 is 4.74 Å². The van der Waals surface area contributed by atoms with Crippen molar-refractivity contribution in [2.24, 2.45) is 0 Å². The second-order valence-electron chi connectivity index (χ2n) is 9.07. The van der Waals surface area contributed by atoms with E-state index in [1.807, 2.05) is 36.7 Å². The SMILES string of the molecule is c1ccc2nc(SCc3cn4c(-c5ccc(C6NNNN6)nc5)cnc(N5CCOCC5)c4n3)ccc2c1. The van der Waals surface area contributed by atoms with E-state index in [2.05, 4.69) is 66.7 Å². The second kappa shape index (κ2) is 10.3. The molecule has 6 heterocycles. The highest BCUT2D eigenvalue weighted by Crippen LogP contribution is 2.29. The number of thioether (sulfide) groups is 1. The van der Waals surface area contributed by atoms with E-state index in [1.54, 1.807) is 11.8 Å². The van der Waals surface area contributed by atoms with Crippen LogP contribution in [0.5, 0.6) is 0 Å². The monoisotopic (exact) mass is 526 g/mol. The molecule has 1 aromatic carbocycles. The molecule has 0 aliphatic carbocycles. The number of morpholine rings is 1. The summed E-state index contributed by atoms with van der Waals surface area (Å²) in [6, 6.07) is 16.4. The first-order chi connectivity index (χ1) is 18.8. The number of benzene rings is 1. The van der Waals surface area contributed by atoms with Gasteiger partial charge in [-0.25, -0.2) is 25.8 Å². The lowest BCUT2D eigenvalue weighted by Crippen LogP contribution is -2.37. The van der Waals surface area contributed by atoms with E-state index < -0.39 is 0 Å². The maximum atomic E-state index is 5.57. The highest BCUT2D eigenvalue weighted by atomic mass is 32.2. The molecule has 0 amide bonds. The average molecular weight is 527 g/mol. The zero-order chi connectivity index (χ0) is 25.3. The quantitative estimate of drug-likeness (QED) is 0.245. The number of fused-ring (bicyclic) bond motifs is 2. The molecule has 38 heavy (non-hydrogen) atoms. The van der Waals surface area contributed by atoms with Crippen LogP contribution in [-0.4, -0.2) is 50.6 Å². The molecule has 0 radical (unpaired) electrons. The molecule has 7 rings (SSSR count). The minimum absolute atomic E-state index is 0.119. The molecule has 0 spiro atoms. The van der Waals surface area contributed by atoms with Crippen molar-refractivity contribution in [3.63, 3.8) is 0 Å². The van der Waals surface area contributed by atoms with Crippen molar-refractivity contribution in [3.8, 4) is 11.3 Å².